The molecule has 0 atom stereocenters. The number of nitriles is 1. The summed E-state index contributed by atoms with van der Waals surface area (Å²) in [6, 6.07) is 2.06. The minimum absolute atomic E-state index is 0.283. The van der Waals surface area contributed by atoms with Crippen LogP contribution >= 0.6 is 0 Å². The molecule has 0 unspecified atom stereocenters. The molecule has 0 saturated carbocycles. The zero-order valence-corrected chi connectivity index (χ0v) is 10.8. The fourth-order valence-electron chi connectivity index (χ4n) is 2.38. The van der Waals surface area contributed by atoms with E-state index < -0.39 is 0 Å². The van der Waals surface area contributed by atoms with Crippen molar-refractivity contribution in [1.82, 2.24) is 0 Å². The van der Waals surface area contributed by atoms with E-state index in [1.54, 1.807) is 6.08 Å². The molecule has 0 aromatic rings. The first-order valence-corrected chi connectivity index (χ1v) is 5.92. The minimum atomic E-state index is 0.283. The molecule has 0 heterocycles. The Bertz CT molecular complexity index is 386. The van der Waals surface area contributed by atoms with Gasteiger partial charge < -0.3 is 0 Å². The first-order valence-electron chi connectivity index (χ1n) is 5.92. The van der Waals surface area contributed by atoms with Crippen molar-refractivity contribution in [3.8, 4) is 6.07 Å². The fraction of sp³-hybridized carbons (Fsp3) is 0.533. The minimum Gasteiger partial charge on any atom is -0.193 e. The zero-order chi connectivity index (χ0) is 12.2. The Morgan fingerprint density at radius 1 is 1.44 bits per heavy atom. The Morgan fingerprint density at radius 2 is 2.12 bits per heavy atom. The maximum absolute atomic E-state index is 8.56. The molecule has 1 rings (SSSR count). The summed E-state index contributed by atoms with van der Waals surface area (Å²) in [5.41, 5.74) is 4.25. The van der Waals surface area contributed by atoms with E-state index in [0.717, 1.165) is 5.57 Å². The van der Waals surface area contributed by atoms with Crippen LogP contribution in [0.4, 0.5) is 0 Å². The highest BCUT2D eigenvalue weighted by Crippen LogP contribution is 2.40. The van der Waals surface area contributed by atoms with Gasteiger partial charge in [-0.3, -0.25) is 0 Å². The zero-order valence-electron chi connectivity index (χ0n) is 10.8. The largest absolute Gasteiger partial charge is 0.193 e. The van der Waals surface area contributed by atoms with Crippen LogP contribution in [-0.2, 0) is 0 Å². The third-order valence-corrected chi connectivity index (χ3v) is 3.35. The Hall–Kier alpha value is -1.29. The molecule has 0 fully saturated rings. The maximum Gasteiger partial charge on any atom is 0.0914 e. The van der Waals surface area contributed by atoms with Crippen LogP contribution in [0.15, 0.2) is 34.9 Å². The van der Waals surface area contributed by atoms with Crippen LogP contribution in [0, 0.1) is 16.7 Å². The molecule has 0 spiro atoms. The molecule has 1 aliphatic carbocycles. The van der Waals surface area contributed by atoms with Crippen LogP contribution < -0.4 is 0 Å². The van der Waals surface area contributed by atoms with Crippen LogP contribution in [0.3, 0.4) is 0 Å². The Balaban J connectivity index is 2.95. The summed E-state index contributed by atoms with van der Waals surface area (Å²) in [4.78, 5) is 0. The molecular formula is C15H21N. The lowest BCUT2D eigenvalue weighted by Gasteiger charge is -2.32. The average Bonchev–Trinajstić information content (AvgIpc) is 2.16. The summed E-state index contributed by atoms with van der Waals surface area (Å²) in [6.45, 7) is 8.80. The molecule has 1 heteroatoms. The highest BCUT2D eigenvalue weighted by atomic mass is 14.3. The van der Waals surface area contributed by atoms with Crippen molar-refractivity contribution in [3.63, 3.8) is 0 Å². The molecule has 16 heavy (non-hydrogen) atoms. The lowest BCUT2D eigenvalue weighted by molar-refractivity contribution is 0.377. The number of hydrogen-bond acceptors (Lipinski definition) is 1. The number of allylic oxidation sites excluding steroid dienone is 6. The van der Waals surface area contributed by atoms with E-state index in [9.17, 15) is 0 Å². The highest BCUT2D eigenvalue weighted by molar-refractivity contribution is 5.36. The number of rotatable bonds is 2. The van der Waals surface area contributed by atoms with Gasteiger partial charge in [0.2, 0.25) is 0 Å². The summed E-state index contributed by atoms with van der Waals surface area (Å²) in [7, 11) is 0. The third-order valence-electron chi connectivity index (χ3n) is 3.35. The monoisotopic (exact) mass is 215 g/mol. The molecule has 86 valence electrons. The van der Waals surface area contributed by atoms with Gasteiger partial charge in [0, 0.05) is 6.08 Å². The Kier molecular flexibility index (Phi) is 4.12. The molecule has 0 N–H and O–H groups in total. The van der Waals surface area contributed by atoms with Gasteiger partial charge in [0.15, 0.2) is 0 Å². The molecule has 0 aromatic carbocycles. The van der Waals surface area contributed by atoms with Crippen molar-refractivity contribution < 1.29 is 0 Å². The molecule has 0 bridgehead atoms. The van der Waals surface area contributed by atoms with E-state index in [0.29, 0.717) is 0 Å². The van der Waals surface area contributed by atoms with Crippen molar-refractivity contribution in [2.45, 2.75) is 47.0 Å². The van der Waals surface area contributed by atoms with Gasteiger partial charge in [-0.1, -0.05) is 31.6 Å². The molecular weight excluding hydrogens is 194 g/mol. The van der Waals surface area contributed by atoms with Crippen molar-refractivity contribution >= 4 is 0 Å². The average molecular weight is 215 g/mol. The quantitative estimate of drug-likeness (QED) is 0.490. The maximum atomic E-state index is 8.56. The second-order valence-electron chi connectivity index (χ2n) is 5.28. The highest BCUT2D eigenvalue weighted by Gasteiger charge is 2.26. The van der Waals surface area contributed by atoms with Gasteiger partial charge in [0.25, 0.3) is 0 Å². The van der Waals surface area contributed by atoms with E-state index in [1.165, 1.54) is 30.4 Å². The van der Waals surface area contributed by atoms with E-state index in [4.69, 9.17) is 5.26 Å². The molecule has 0 aromatic heterocycles. The smallest absolute Gasteiger partial charge is 0.0914 e. The van der Waals surface area contributed by atoms with Crippen LogP contribution in [0.5, 0.6) is 0 Å². The van der Waals surface area contributed by atoms with Crippen molar-refractivity contribution in [3.05, 3.63) is 34.9 Å². The standard InChI is InChI=1S/C15H21N/c1-12(9-11-16)7-8-14-13(2)6-5-10-15(14,3)4/h7-9H,5-6,10H2,1-4H3/b8-7+,12-9-. The summed E-state index contributed by atoms with van der Waals surface area (Å²) in [5, 5.41) is 8.56. The van der Waals surface area contributed by atoms with Gasteiger partial charge in [-0.05, 0) is 49.7 Å². The summed E-state index contributed by atoms with van der Waals surface area (Å²) in [6.07, 6.45) is 9.59. The number of nitrogens with zero attached hydrogens (tertiary/aromatic N) is 1. The summed E-state index contributed by atoms with van der Waals surface area (Å²) < 4.78 is 0. The molecule has 1 aliphatic rings. The molecule has 0 aliphatic heterocycles. The van der Waals surface area contributed by atoms with Gasteiger partial charge in [-0.15, -0.1) is 0 Å². The van der Waals surface area contributed by atoms with Gasteiger partial charge in [-0.2, -0.15) is 5.26 Å². The molecule has 0 saturated heterocycles. The van der Waals surface area contributed by atoms with Gasteiger partial charge in [0.05, 0.1) is 6.07 Å². The lowest BCUT2D eigenvalue weighted by atomic mass is 9.72. The van der Waals surface area contributed by atoms with Crippen LogP contribution in [0.2, 0.25) is 0 Å². The molecule has 1 nitrogen and oxygen atoms in total. The topological polar surface area (TPSA) is 23.8 Å². The van der Waals surface area contributed by atoms with Crippen molar-refractivity contribution in [1.29, 1.82) is 5.26 Å². The van der Waals surface area contributed by atoms with Gasteiger partial charge in [-0.25, -0.2) is 0 Å². The first-order chi connectivity index (χ1) is 7.47. The van der Waals surface area contributed by atoms with Gasteiger partial charge >= 0.3 is 0 Å². The Labute approximate surface area is 99.2 Å². The Morgan fingerprint density at radius 3 is 2.69 bits per heavy atom. The van der Waals surface area contributed by atoms with Crippen LogP contribution in [0.1, 0.15) is 47.0 Å². The van der Waals surface area contributed by atoms with Crippen molar-refractivity contribution in [2.24, 2.45) is 5.41 Å². The normalized spacial score (nSPS) is 21.3. The van der Waals surface area contributed by atoms with E-state index >= 15 is 0 Å². The van der Waals surface area contributed by atoms with E-state index in [1.807, 2.05) is 6.92 Å². The van der Waals surface area contributed by atoms with Crippen LogP contribution in [0.25, 0.3) is 0 Å². The predicted molar refractivity (Wildman–Crippen MR) is 68.8 cm³/mol. The first kappa shape index (κ1) is 12.8. The van der Waals surface area contributed by atoms with Crippen LogP contribution in [-0.4, -0.2) is 0 Å². The summed E-state index contributed by atoms with van der Waals surface area (Å²) >= 11 is 0. The van der Waals surface area contributed by atoms with Crippen molar-refractivity contribution in [2.75, 3.05) is 0 Å². The molecule has 0 radical (unpaired) electrons. The van der Waals surface area contributed by atoms with Gasteiger partial charge in [0.1, 0.15) is 0 Å². The molecule has 0 amide bonds. The SMILES string of the molecule is CC1=C(/C=C/C(C)=C\C#N)C(C)(C)CCC1. The second kappa shape index (κ2) is 5.16. The second-order valence-corrected chi connectivity index (χ2v) is 5.28. The van der Waals surface area contributed by atoms with E-state index in [2.05, 4.69) is 39.0 Å². The summed E-state index contributed by atoms with van der Waals surface area (Å²) in [5.74, 6) is 0. The predicted octanol–water partition coefficient (Wildman–Crippen LogP) is 4.54. The fourth-order valence-corrected chi connectivity index (χ4v) is 2.38. The number of hydrogen-bond donors (Lipinski definition) is 0. The third kappa shape index (κ3) is 3.10. The van der Waals surface area contributed by atoms with E-state index in [-0.39, 0.29) is 5.41 Å². The lowest BCUT2D eigenvalue weighted by Crippen LogP contribution is -2.19.